The highest BCUT2D eigenvalue weighted by Gasteiger charge is 2.33. The molecule has 7 heteroatoms. The van der Waals surface area contributed by atoms with Gasteiger partial charge < -0.3 is 20.2 Å². The molecule has 2 aliphatic rings. The molecule has 154 valence electrons. The Bertz CT molecular complexity index is 661. The van der Waals surface area contributed by atoms with Crippen molar-refractivity contribution in [1.29, 1.82) is 0 Å². The van der Waals surface area contributed by atoms with E-state index in [9.17, 15) is 14.7 Å². The van der Waals surface area contributed by atoms with Crippen molar-refractivity contribution in [2.75, 3.05) is 59.4 Å². The second kappa shape index (κ2) is 9.49. The van der Waals surface area contributed by atoms with Crippen LogP contribution in [0.3, 0.4) is 0 Å². The van der Waals surface area contributed by atoms with E-state index in [1.54, 1.807) is 29.2 Å². The molecule has 1 aromatic carbocycles. The Morgan fingerprint density at radius 3 is 2.46 bits per heavy atom. The van der Waals surface area contributed by atoms with Crippen LogP contribution in [0.2, 0.25) is 0 Å². The molecular formula is C21H32N4O3. The molecule has 0 bridgehead atoms. The van der Waals surface area contributed by atoms with Crippen molar-refractivity contribution in [3.05, 3.63) is 35.9 Å². The number of hydrogen-bond acceptors (Lipinski definition) is 5. The van der Waals surface area contributed by atoms with Crippen LogP contribution in [0.1, 0.15) is 29.6 Å². The Balaban J connectivity index is 1.46. The molecular weight excluding hydrogens is 356 g/mol. The second-order valence-electron chi connectivity index (χ2n) is 8.09. The third-order valence-electron chi connectivity index (χ3n) is 5.82. The first kappa shape index (κ1) is 20.8. The van der Waals surface area contributed by atoms with E-state index >= 15 is 0 Å². The summed E-state index contributed by atoms with van der Waals surface area (Å²) in [6, 6.07) is 8.90. The molecule has 0 radical (unpaired) electrons. The average molecular weight is 389 g/mol. The molecule has 2 N–H and O–H groups in total. The fourth-order valence-corrected chi connectivity index (χ4v) is 3.97. The van der Waals surface area contributed by atoms with Gasteiger partial charge in [-0.1, -0.05) is 18.2 Å². The number of hydrogen-bond donors (Lipinski definition) is 2. The maximum atomic E-state index is 12.5. The zero-order chi connectivity index (χ0) is 20.0. The molecule has 0 aliphatic carbocycles. The van der Waals surface area contributed by atoms with Crippen LogP contribution < -0.4 is 5.32 Å². The number of amides is 2. The molecule has 2 amide bonds. The minimum absolute atomic E-state index is 0.00931. The number of piperazine rings is 1. The van der Waals surface area contributed by atoms with Gasteiger partial charge in [-0.3, -0.25) is 14.5 Å². The number of likely N-dealkylation sites (tertiary alicyclic amines) is 1. The molecule has 7 nitrogen and oxygen atoms in total. The third kappa shape index (κ3) is 5.77. The monoisotopic (exact) mass is 388 g/mol. The Kier molecular flexibility index (Phi) is 7.04. The van der Waals surface area contributed by atoms with Gasteiger partial charge in [0.1, 0.15) is 0 Å². The van der Waals surface area contributed by atoms with Crippen molar-refractivity contribution in [2.24, 2.45) is 0 Å². The van der Waals surface area contributed by atoms with Crippen molar-refractivity contribution in [3.8, 4) is 0 Å². The molecule has 2 aliphatic heterocycles. The zero-order valence-corrected chi connectivity index (χ0v) is 16.8. The van der Waals surface area contributed by atoms with Crippen molar-refractivity contribution < 1.29 is 14.7 Å². The minimum Gasteiger partial charge on any atom is -0.388 e. The fourth-order valence-electron chi connectivity index (χ4n) is 3.97. The van der Waals surface area contributed by atoms with E-state index in [2.05, 4.69) is 22.2 Å². The number of benzene rings is 1. The molecule has 3 rings (SSSR count). The number of likely N-dealkylation sites (N-methyl/N-ethyl adjacent to an activating group) is 1. The van der Waals surface area contributed by atoms with Gasteiger partial charge in [0.15, 0.2) is 0 Å². The average Bonchev–Trinajstić information content (AvgIpc) is 2.90. The smallest absolute Gasteiger partial charge is 0.251 e. The van der Waals surface area contributed by atoms with E-state index in [-0.39, 0.29) is 18.4 Å². The Morgan fingerprint density at radius 1 is 1.04 bits per heavy atom. The van der Waals surface area contributed by atoms with E-state index in [0.717, 1.165) is 32.6 Å². The molecule has 1 atom stereocenters. The van der Waals surface area contributed by atoms with Crippen molar-refractivity contribution >= 4 is 11.8 Å². The number of nitrogens with zero attached hydrogens (tertiary/aromatic N) is 3. The van der Waals surface area contributed by atoms with Gasteiger partial charge in [-0.15, -0.1) is 0 Å². The van der Waals surface area contributed by atoms with Crippen LogP contribution in [-0.2, 0) is 4.79 Å². The summed E-state index contributed by atoms with van der Waals surface area (Å²) in [4.78, 5) is 31.1. The topological polar surface area (TPSA) is 76.1 Å². The summed E-state index contributed by atoms with van der Waals surface area (Å²) in [6.45, 7) is 5.84. The van der Waals surface area contributed by atoms with Crippen LogP contribution in [0.5, 0.6) is 0 Å². The van der Waals surface area contributed by atoms with Gasteiger partial charge in [0.2, 0.25) is 5.91 Å². The SMILES string of the molecule is CN1CCN(C[C@]2(O)CCCN(C(=O)CNC(=O)c3ccccc3)CC2)CC1. The van der Waals surface area contributed by atoms with Crippen molar-refractivity contribution in [3.63, 3.8) is 0 Å². The largest absolute Gasteiger partial charge is 0.388 e. The van der Waals surface area contributed by atoms with E-state index in [1.165, 1.54) is 0 Å². The lowest BCUT2D eigenvalue weighted by Gasteiger charge is -2.38. The molecule has 0 unspecified atom stereocenters. The number of carbonyl (C=O) groups excluding carboxylic acids is 2. The van der Waals surface area contributed by atoms with E-state index < -0.39 is 5.60 Å². The third-order valence-corrected chi connectivity index (χ3v) is 5.82. The highest BCUT2D eigenvalue weighted by atomic mass is 16.3. The van der Waals surface area contributed by atoms with Crippen LogP contribution in [-0.4, -0.2) is 96.6 Å². The predicted molar refractivity (Wildman–Crippen MR) is 108 cm³/mol. The van der Waals surface area contributed by atoms with Gasteiger partial charge in [-0.2, -0.15) is 0 Å². The van der Waals surface area contributed by atoms with E-state index in [0.29, 0.717) is 38.0 Å². The van der Waals surface area contributed by atoms with Gasteiger partial charge in [-0.25, -0.2) is 0 Å². The maximum absolute atomic E-state index is 12.5. The van der Waals surface area contributed by atoms with Gasteiger partial charge >= 0.3 is 0 Å². The molecule has 2 heterocycles. The summed E-state index contributed by atoms with van der Waals surface area (Å²) in [5, 5.41) is 13.8. The van der Waals surface area contributed by atoms with Crippen LogP contribution in [0.25, 0.3) is 0 Å². The predicted octanol–water partition coefficient (Wildman–Crippen LogP) is 0.407. The van der Waals surface area contributed by atoms with E-state index in [1.807, 2.05) is 6.07 Å². The van der Waals surface area contributed by atoms with Crippen LogP contribution >= 0.6 is 0 Å². The summed E-state index contributed by atoms with van der Waals surface area (Å²) >= 11 is 0. The molecule has 2 saturated heterocycles. The Labute approximate surface area is 167 Å². The second-order valence-corrected chi connectivity index (χ2v) is 8.09. The quantitative estimate of drug-likeness (QED) is 0.764. The highest BCUT2D eigenvalue weighted by Crippen LogP contribution is 2.24. The lowest BCUT2D eigenvalue weighted by molar-refractivity contribution is -0.130. The first-order valence-electron chi connectivity index (χ1n) is 10.2. The minimum atomic E-state index is -0.738. The number of nitrogens with one attached hydrogen (secondary N) is 1. The molecule has 28 heavy (non-hydrogen) atoms. The molecule has 1 aromatic rings. The first-order valence-corrected chi connectivity index (χ1v) is 10.2. The Hall–Kier alpha value is -1.96. The van der Waals surface area contributed by atoms with Gasteiger partial charge in [0.25, 0.3) is 5.91 Å². The van der Waals surface area contributed by atoms with Gasteiger partial charge in [0, 0.05) is 51.4 Å². The Morgan fingerprint density at radius 2 is 1.75 bits per heavy atom. The zero-order valence-electron chi connectivity index (χ0n) is 16.8. The molecule has 0 spiro atoms. The normalized spacial score (nSPS) is 24.6. The number of carbonyl (C=O) groups is 2. The van der Waals surface area contributed by atoms with Gasteiger partial charge in [0.05, 0.1) is 12.1 Å². The lowest BCUT2D eigenvalue weighted by Crippen LogP contribution is -2.51. The maximum Gasteiger partial charge on any atom is 0.251 e. The first-order chi connectivity index (χ1) is 13.5. The van der Waals surface area contributed by atoms with Crippen LogP contribution in [0, 0.1) is 0 Å². The standard InChI is InChI=1S/C21H32N4O3/c1-23-12-14-24(15-13-23)17-21(28)8-5-10-25(11-9-21)19(26)16-22-20(27)18-6-3-2-4-7-18/h2-4,6-7,28H,5,8-17H2,1H3,(H,22,27)/t21-/m0/s1. The molecule has 0 aromatic heterocycles. The van der Waals surface area contributed by atoms with Crippen LogP contribution in [0.4, 0.5) is 0 Å². The van der Waals surface area contributed by atoms with E-state index in [4.69, 9.17) is 0 Å². The summed E-state index contributed by atoms with van der Waals surface area (Å²) in [6.07, 6.45) is 2.07. The van der Waals surface area contributed by atoms with Gasteiger partial charge in [-0.05, 0) is 38.4 Å². The van der Waals surface area contributed by atoms with Crippen LogP contribution in [0.15, 0.2) is 30.3 Å². The number of β-amino-alcohol motifs (C(OH)–C–C–N with tert-alkyl or cyclic N) is 1. The molecule has 2 fully saturated rings. The number of rotatable bonds is 5. The summed E-state index contributed by atoms with van der Waals surface area (Å²) in [5.74, 6) is -0.330. The van der Waals surface area contributed by atoms with Crippen molar-refractivity contribution in [1.82, 2.24) is 20.0 Å². The summed E-state index contributed by atoms with van der Waals surface area (Å²) < 4.78 is 0. The lowest BCUT2D eigenvalue weighted by atomic mass is 9.94. The fraction of sp³-hybridized carbons (Fsp3) is 0.619. The molecule has 0 saturated carbocycles. The summed E-state index contributed by atoms with van der Waals surface area (Å²) in [5.41, 5.74) is -0.189. The van der Waals surface area contributed by atoms with Crippen molar-refractivity contribution in [2.45, 2.75) is 24.9 Å². The number of aliphatic hydroxyl groups is 1. The summed E-state index contributed by atoms with van der Waals surface area (Å²) in [7, 11) is 2.12. The highest BCUT2D eigenvalue weighted by molar-refractivity contribution is 5.96.